The molecule has 0 atom stereocenters. The van der Waals surface area contributed by atoms with Crippen molar-refractivity contribution in [2.24, 2.45) is 0 Å². The van der Waals surface area contributed by atoms with E-state index in [1.807, 2.05) is 20.8 Å². The zero-order chi connectivity index (χ0) is 20.0. The first-order chi connectivity index (χ1) is 12.5. The minimum atomic E-state index is -4.37. The number of aromatic nitrogens is 2. The van der Waals surface area contributed by atoms with Crippen molar-refractivity contribution in [2.75, 3.05) is 6.54 Å². The van der Waals surface area contributed by atoms with Crippen LogP contribution in [0.5, 0.6) is 0 Å². The van der Waals surface area contributed by atoms with E-state index in [2.05, 4.69) is 27.7 Å². The second kappa shape index (κ2) is 6.99. The predicted octanol–water partition coefficient (Wildman–Crippen LogP) is 4.92. The molecule has 0 spiro atoms. The third kappa shape index (κ3) is 4.39. The lowest BCUT2D eigenvalue weighted by Gasteiger charge is -2.30. The molecule has 5 nitrogen and oxygen atoms in total. The molecule has 0 fully saturated rings. The van der Waals surface area contributed by atoms with Crippen LogP contribution >= 0.6 is 22.6 Å². The highest BCUT2D eigenvalue weighted by Crippen LogP contribution is 2.33. The quantitative estimate of drug-likeness (QED) is 0.530. The highest BCUT2D eigenvalue weighted by molar-refractivity contribution is 14.1. The number of hydrogen-bond donors (Lipinski definition) is 0. The van der Waals surface area contributed by atoms with Crippen molar-refractivity contribution < 1.29 is 22.7 Å². The summed E-state index contributed by atoms with van der Waals surface area (Å²) in [5.74, 6) is 0. The molecule has 0 saturated carbocycles. The van der Waals surface area contributed by atoms with Crippen molar-refractivity contribution in [1.29, 1.82) is 0 Å². The number of carbonyl (C=O) groups is 1. The Hall–Kier alpha value is -1.78. The van der Waals surface area contributed by atoms with Crippen LogP contribution in [0.2, 0.25) is 0 Å². The number of benzene rings is 1. The number of halogens is 4. The van der Waals surface area contributed by atoms with Crippen LogP contribution in [-0.4, -0.2) is 32.9 Å². The van der Waals surface area contributed by atoms with Crippen LogP contribution in [-0.2, 0) is 24.0 Å². The van der Waals surface area contributed by atoms with Gasteiger partial charge < -0.3 is 9.64 Å². The summed E-state index contributed by atoms with van der Waals surface area (Å²) in [6.45, 7) is 6.75. The minimum absolute atomic E-state index is 0.348. The maximum Gasteiger partial charge on any atom is 0.416 e. The monoisotopic (exact) mass is 493 g/mol. The molecule has 2 aromatic rings. The second-order valence-corrected chi connectivity index (χ2v) is 8.39. The number of amides is 1. The molecule has 0 N–H and O–H groups in total. The Morgan fingerprint density at radius 2 is 1.78 bits per heavy atom. The maximum atomic E-state index is 12.8. The van der Waals surface area contributed by atoms with Gasteiger partial charge in [-0.15, -0.1) is 0 Å². The van der Waals surface area contributed by atoms with Gasteiger partial charge in [0.25, 0.3) is 0 Å². The van der Waals surface area contributed by atoms with Gasteiger partial charge >= 0.3 is 12.3 Å². The molecule has 1 aliphatic rings. The van der Waals surface area contributed by atoms with Crippen LogP contribution in [0.3, 0.4) is 0 Å². The van der Waals surface area contributed by atoms with Crippen molar-refractivity contribution in [3.8, 4) is 11.3 Å². The summed E-state index contributed by atoms with van der Waals surface area (Å²) in [6, 6.07) is 4.95. The van der Waals surface area contributed by atoms with Crippen molar-refractivity contribution in [1.82, 2.24) is 14.7 Å². The fourth-order valence-corrected chi connectivity index (χ4v) is 3.64. The zero-order valence-electron chi connectivity index (χ0n) is 15.1. The van der Waals surface area contributed by atoms with Gasteiger partial charge in [0.1, 0.15) is 11.3 Å². The number of alkyl halides is 3. The molecule has 27 heavy (non-hydrogen) atoms. The summed E-state index contributed by atoms with van der Waals surface area (Å²) in [7, 11) is 0. The van der Waals surface area contributed by atoms with Crippen molar-refractivity contribution in [3.63, 3.8) is 0 Å². The average Bonchev–Trinajstić information content (AvgIpc) is 2.89. The minimum Gasteiger partial charge on any atom is -0.444 e. The highest BCUT2D eigenvalue weighted by atomic mass is 127. The van der Waals surface area contributed by atoms with Crippen LogP contribution in [0, 0.1) is 3.57 Å². The van der Waals surface area contributed by atoms with E-state index >= 15 is 0 Å². The van der Waals surface area contributed by atoms with E-state index in [-0.39, 0.29) is 6.09 Å². The van der Waals surface area contributed by atoms with E-state index in [4.69, 9.17) is 4.74 Å². The van der Waals surface area contributed by atoms with Crippen molar-refractivity contribution >= 4 is 28.7 Å². The molecule has 1 aromatic heterocycles. The van der Waals surface area contributed by atoms with E-state index in [0.717, 1.165) is 21.4 Å². The molecule has 0 unspecified atom stereocenters. The van der Waals surface area contributed by atoms with Crippen LogP contribution in [0.1, 0.15) is 32.0 Å². The van der Waals surface area contributed by atoms with Gasteiger partial charge in [0, 0.05) is 12.1 Å². The van der Waals surface area contributed by atoms with Crippen molar-refractivity contribution in [2.45, 2.75) is 45.6 Å². The zero-order valence-corrected chi connectivity index (χ0v) is 17.3. The Bertz CT molecular complexity index is 854. The lowest BCUT2D eigenvalue weighted by molar-refractivity contribution is -0.137. The van der Waals surface area contributed by atoms with Gasteiger partial charge in [-0.1, -0.05) is 12.1 Å². The maximum absolute atomic E-state index is 12.8. The summed E-state index contributed by atoms with van der Waals surface area (Å²) in [6.07, 6.45) is -4.76. The molecule has 0 radical (unpaired) electrons. The molecule has 0 bridgehead atoms. The number of fused-ring (bicyclic) bond motifs is 1. The molecule has 1 aliphatic heterocycles. The van der Waals surface area contributed by atoms with Crippen LogP contribution in [0.4, 0.5) is 18.0 Å². The summed E-state index contributed by atoms with van der Waals surface area (Å²) in [4.78, 5) is 13.9. The summed E-state index contributed by atoms with van der Waals surface area (Å²) in [5.41, 5.74) is 0.806. The fraction of sp³-hybridized carbons (Fsp3) is 0.444. The molecule has 1 amide bonds. The Labute approximate surface area is 168 Å². The van der Waals surface area contributed by atoms with E-state index in [1.54, 1.807) is 9.58 Å². The number of ether oxygens (including phenoxy) is 1. The van der Waals surface area contributed by atoms with E-state index in [0.29, 0.717) is 30.9 Å². The molecule has 9 heteroatoms. The average molecular weight is 493 g/mol. The van der Waals surface area contributed by atoms with Crippen molar-refractivity contribution in [3.05, 3.63) is 39.1 Å². The summed E-state index contributed by atoms with van der Waals surface area (Å²) >= 11 is 2.12. The third-order valence-electron chi connectivity index (χ3n) is 4.05. The van der Waals surface area contributed by atoms with Crippen LogP contribution < -0.4 is 0 Å². The molecular weight excluding hydrogens is 474 g/mol. The third-order valence-corrected chi connectivity index (χ3v) is 5.19. The van der Waals surface area contributed by atoms with Gasteiger partial charge in [0.15, 0.2) is 0 Å². The number of carbonyl (C=O) groups excluding carboxylic acids is 1. The van der Waals surface area contributed by atoms with Crippen LogP contribution in [0.15, 0.2) is 24.3 Å². The number of nitrogens with zero attached hydrogens (tertiary/aromatic N) is 3. The van der Waals surface area contributed by atoms with E-state index < -0.39 is 17.3 Å². The SMILES string of the molecule is CC(C)(C)OC(=O)N1CCn2nc(-c3ccc(C(F)(F)F)cc3)c(I)c2C1. The Balaban J connectivity index is 1.84. The molecule has 0 aliphatic carbocycles. The smallest absolute Gasteiger partial charge is 0.416 e. The normalized spacial score (nSPS) is 14.9. The number of rotatable bonds is 1. The lowest BCUT2D eigenvalue weighted by Crippen LogP contribution is -2.41. The Kier molecular flexibility index (Phi) is 5.17. The van der Waals surface area contributed by atoms with Crippen LogP contribution in [0.25, 0.3) is 11.3 Å². The predicted molar refractivity (Wildman–Crippen MR) is 102 cm³/mol. The van der Waals surface area contributed by atoms with E-state index in [1.165, 1.54) is 12.1 Å². The first kappa shape index (κ1) is 20.0. The molecule has 3 rings (SSSR count). The molecule has 0 saturated heterocycles. The second-order valence-electron chi connectivity index (χ2n) is 7.31. The van der Waals surface area contributed by atoms with E-state index in [9.17, 15) is 18.0 Å². The summed E-state index contributed by atoms with van der Waals surface area (Å²) < 4.78 is 46.3. The lowest BCUT2D eigenvalue weighted by atomic mass is 10.1. The molecule has 146 valence electrons. The molecular formula is C18H19F3IN3O2. The fourth-order valence-electron chi connectivity index (χ4n) is 2.77. The first-order valence-corrected chi connectivity index (χ1v) is 9.44. The largest absolute Gasteiger partial charge is 0.444 e. The first-order valence-electron chi connectivity index (χ1n) is 8.36. The van der Waals surface area contributed by atoms with Gasteiger partial charge in [-0.05, 0) is 55.5 Å². The van der Waals surface area contributed by atoms with Gasteiger partial charge in [-0.2, -0.15) is 18.3 Å². The molecule has 2 heterocycles. The summed E-state index contributed by atoms with van der Waals surface area (Å²) in [5, 5.41) is 4.53. The Morgan fingerprint density at radius 1 is 1.15 bits per heavy atom. The Morgan fingerprint density at radius 3 is 2.33 bits per heavy atom. The number of hydrogen-bond acceptors (Lipinski definition) is 3. The highest BCUT2D eigenvalue weighted by Gasteiger charge is 2.31. The van der Waals surface area contributed by atoms with Gasteiger partial charge in [-0.25, -0.2) is 4.79 Å². The standard InChI is InChI=1S/C18H19F3IN3O2/c1-17(2,3)27-16(26)24-8-9-25-13(10-24)14(22)15(23-25)11-4-6-12(7-5-11)18(19,20)21/h4-7H,8-10H2,1-3H3. The van der Waals surface area contributed by atoms with Gasteiger partial charge in [0.2, 0.25) is 0 Å². The molecule has 1 aromatic carbocycles. The topological polar surface area (TPSA) is 47.4 Å². The van der Waals surface area contributed by atoms with Gasteiger partial charge in [-0.3, -0.25) is 4.68 Å². The van der Waals surface area contributed by atoms with Gasteiger partial charge in [0.05, 0.1) is 27.9 Å².